The molecule has 4 saturated carbocycles. The Morgan fingerprint density at radius 1 is 0.375 bits per heavy atom. The van der Waals surface area contributed by atoms with E-state index in [1.54, 1.807) is 19.0 Å². The number of aliphatic hydroxyl groups excluding tert-OH is 1. The van der Waals surface area contributed by atoms with Gasteiger partial charge in [0.15, 0.2) is 0 Å². The second-order valence-corrected chi connectivity index (χ2v) is 37.3. The number of nitrogens with one attached hydrogen (secondary N) is 5. The smallest absolute Gasteiger partial charge is 0.248 e. The molecule has 12 atom stereocenters. The Kier molecular flexibility index (Phi) is 38.1. The van der Waals surface area contributed by atoms with Gasteiger partial charge < -0.3 is 70.7 Å². The molecule has 6 rings (SSSR count). The molecule has 0 aromatic carbocycles. The van der Waals surface area contributed by atoms with Crippen LogP contribution in [-0.4, -0.2) is 250 Å². The third-order valence-corrected chi connectivity index (χ3v) is 24.9. The summed E-state index contributed by atoms with van der Waals surface area (Å²) in [5, 5.41) is 26.5. The third-order valence-electron chi connectivity index (χ3n) is 24.9. The Morgan fingerprint density at radius 3 is 1.10 bits per heavy atom. The Morgan fingerprint density at radius 2 is 0.688 bits per heavy atom. The molecule has 0 radical (unpaired) electrons. The molecular weight excluding hydrogens is 1430 g/mol. The van der Waals surface area contributed by atoms with Gasteiger partial charge >= 0.3 is 0 Å². The van der Waals surface area contributed by atoms with E-state index in [-0.39, 0.29) is 105 Å². The number of rotatable bonds is 20. The molecule has 0 bridgehead atoms. The zero-order valence-electron chi connectivity index (χ0n) is 72.2. The van der Waals surface area contributed by atoms with Crippen molar-refractivity contribution in [2.75, 3.05) is 62.0 Å². The molecule has 0 unspecified atom stereocenters. The number of hydrogen-bond acceptors (Lipinski definition) is 14. The van der Waals surface area contributed by atoms with Crippen molar-refractivity contribution in [3.05, 3.63) is 0 Å². The fourth-order valence-corrected chi connectivity index (χ4v) is 18.1. The lowest BCUT2D eigenvalue weighted by Gasteiger charge is -2.40. The molecule has 2 heterocycles. The topological polar surface area (TPSA) is 317 Å². The van der Waals surface area contributed by atoms with Gasteiger partial charge in [-0.05, 0) is 146 Å². The molecule has 4 aliphatic carbocycles. The minimum absolute atomic E-state index is 0.00806. The summed E-state index contributed by atoms with van der Waals surface area (Å²) in [6, 6.07) is -14.2. The van der Waals surface area contributed by atoms with Crippen molar-refractivity contribution < 1.29 is 67.4 Å². The van der Waals surface area contributed by atoms with E-state index in [9.17, 15) is 5.11 Å². The quantitative estimate of drug-likeness (QED) is 0.0662. The van der Waals surface area contributed by atoms with Crippen LogP contribution in [0, 0.1) is 47.3 Å². The molecule has 112 heavy (non-hydrogen) atoms. The second kappa shape index (κ2) is 45.2. The van der Waals surface area contributed by atoms with Crippen molar-refractivity contribution in [2.45, 2.75) is 367 Å². The van der Waals surface area contributed by atoms with E-state index in [0.29, 0.717) is 25.9 Å². The Labute approximate surface area is 672 Å². The van der Waals surface area contributed by atoms with Crippen molar-refractivity contribution in [3.63, 3.8) is 0 Å². The van der Waals surface area contributed by atoms with Crippen LogP contribution in [0.25, 0.3) is 0 Å². The van der Waals surface area contributed by atoms with Gasteiger partial charge in [-0.3, -0.25) is 57.5 Å². The zero-order chi connectivity index (χ0) is 83.0. The molecule has 2 saturated heterocycles. The first-order valence-corrected chi connectivity index (χ1v) is 43.5. The number of likely N-dealkylation sites (N-methyl/N-ethyl adjacent to an activating group) is 6. The van der Waals surface area contributed by atoms with Crippen molar-refractivity contribution in [2.24, 2.45) is 47.3 Å². The van der Waals surface area contributed by atoms with Gasteiger partial charge in [0, 0.05) is 55.4 Å². The summed E-state index contributed by atoms with van der Waals surface area (Å²) < 4.78 is 6.41. The van der Waals surface area contributed by atoms with Crippen molar-refractivity contribution in [1.29, 1.82) is 0 Å². The first kappa shape index (κ1) is 94.4. The molecule has 26 nitrogen and oxygen atoms in total. The van der Waals surface area contributed by atoms with E-state index in [1.165, 1.54) is 64.5 Å². The maximum atomic E-state index is 16.1. The van der Waals surface area contributed by atoms with E-state index >= 15 is 57.5 Å². The monoisotopic (exact) mass is 1580 g/mol. The second-order valence-electron chi connectivity index (χ2n) is 37.3. The van der Waals surface area contributed by atoms with Gasteiger partial charge in [-0.15, -0.1) is 0 Å². The highest BCUT2D eigenvalue weighted by molar-refractivity contribution is 6.00. The van der Waals surface area contributed by atoms with Gasteiger partial charge in [0.2, 0.25) is 70.9 Å². The lowest BCUT2D eigenvalue weighted by Crippen LogP contribution is -2.63. The fraction of sp³-hybridized carbons (Fsp3) is 0.860. The average molecular weight is 1580 g/mol. The van der Waals surface area contributed by atoms with Crippen LogP contribution in [0.1, 0.15) is 289 Å². The Bertz CT molecular complexity index is 3070. The lowest BCUT2D eigenvalue weighted by atomic mass is 9.83. The van der Waals surface area contributed by atoms with Crippen LogP contribution in [0.4, 0.5) is 0 Å². The van der Waals surface area contributed by atoms with Crippen molar-refractivity contribution in [1.82, 2.24) is 60.9 Å². The maximum absolute atomic E-state index is 16.1. The number of nitrogens with zero attached hydrogens (tertiary/aromatic N) is 7. The molecule has 6 fully saturated rings. The van der Waals surface area contributed by atoms with Crippen molar-refractivity contribution >= 4 is 70.9 Å². The number of aliphatic hydroxyl groups is 1. The van der Waals surface area contributed by atoms with Crippen LogP contribution in [0.3, 0.4) is 0 Å². The van der Waals surface area contributed by atoms with E-state index in [1.807, 2.05) is 76.2 Å². The first-order valence-electron chi connectivity index (χ1n) is 43.5. The SMILES string of the molecule is CC(C)C[C@@H]1NC(=O)[C@H](CC2CCCCC2)N(C)C(=O)[C@H](COC(C)(C)C)NC(=O)[C@H](CC2CCCCC2)N(C)C(=O)[C@H](CC2CCCCC2)N(C)C(=O)[C@H](CC(C)C)N(C)C(=O)[C@@H](CC(C)C)NC(=O)C[C@@H](C(=O)N2CCCCC2)NC(=O)[C@H](CC2CCCCC2)N(C)C(=O)[C@H]([C@@H](C)O)NC(=O)[C@H](CC(C)C)N(C)C1=O. The first-order chi connectivity index (χ1) is 52.8. The van der Waals surface area contributed by atoms with E-state index < -0.39 is 155 Å². The summed E-state index contributed by atoms with van der Waals surface area (Å²) in [5.74, 6) is -8.45. The average Bonchev–Trinajstić information content (AvgIpc) is 0.774. The highest BCUT2D eigenvalue weighted by Gasteiger charge is 2.47. The van der Waals surface area contributed by atoms with Crippen LogP contribution in [0.5, 0.6) is 0 Å². The largest absolute Gasteiger partial charge is 0.391 e. The molecule has 6 aliphatic rings. The molecule has 638 valence electrons. The summed E-state index contributed by atoms with van der Waals surface area (Å²) >= 11 is 0. The van der Waals surface area contributed by atoms with Crippen LogP contribution in [0.2, 0.25) is 0 Å². The van der Waals surface area contributed by atoms with E-state index in [4.69, 9.17) is 4.74 Å². The number of carbonyl (C=O) groups excluding carboxylic acids is 12. The Hall–Kier alpha value is -6.44. The fourth-order valence-electron chi connectivity index (χ4n) is 18.1. The number of piperidine rings is 1. The van der Waals surface area contributed by atoms with Crippen molar-refractivity contribution in [3.8, 4) is 0 Å². The van der Waals surface area contributed by atoms with Gasteiger partial charge in [0.05, 0.1) is 24.7 Å². The molecule has 2 aliphatic heterocycles. The number of carbonyl (C=O) groups is 12. The molecule has 0 aromatic heterocycles. The van der Waals surface area contributed by atoms with Gasteiger partial charge in [0.1, 0.15) is 66.5 Å². The molecule has 0 aromatic rings. The highest BCUT2D eigenvalue weighted by atomic mass is 16.5. The van der Waals surface area contributed by atoms with Crippen LogP contribution in [0.15, 0.2) is 0 Å². The summed E-state index contributed by atoms with van der Waals surface area (Å²) in [5.41, 5.74) is -0.822. The van der Waals surface area contributed by atoms with Crippen LogP contribution in [-0.2, 0) is 62.3 Å². The zero-order valence-corrected chi connectivity index (χ0v) is 72.2. The molecule has 0 spiro atoms. The number of likely N-dealkylation sites (tertiary alicyclic amines) is 1. The van der Waals surface area contributed by atoms with E-state index in [0.717, 1.165) is 135 Å². The van der Waals surface area contributed by atoms with Crippen LogP contribution < -0.4 is 26.6 Å². The van der Waals surface area contributed by atoms with Gasteiger partial charge in [-0.1, -0.05) is 184 Å². The van der Waals surface area contributed by atoms with Crippen LogP contribution >= 0.6 is 0 Å². The van der Waals surface area contributed by atoms with Gasteiger partial charge in [-0.2, -0.15) is 0 Å². The predicted molar refractivity (Wildman–Crippen MR) is 434 cm³/mol. The predicted octanol–water partition coefficient (Wildman–Crippen LogP) is 9.05. The van der Waals surface area contributed by atoms with Gasteiger partial charge in [-0.25, -0.2) is 0 Å². The van der Waals surface area contributed by atoms with E-state index in [2.05, 4.69) is 26.6 Å². The molecular formula is C86H150N12O14. The summed E-state index contributed by atoms with van der Waals surface area (Å²) in [6.07, 6.45) is 19.1. The number of hydrogen-bond donors (Lipinski definition) is 6. The number of amides is 12. The molecule has 26 heteroatoms. The molecule has 6 N–H and O–H groups in total. The summed E-state index contributed by atoms with van der Waals surface area (Å²) in [7, 11) is 9.12. The standard InChI is InChI=1S/C86H150N12O14/c1-54(2)44-63-79(105)96(17)71(47-57(7)8)83(109)97(18)72(51-62-40-30-22-31-41-62)84(110)94(15)69(49-60-36-26-20-27-37-60)77(103)90-66(53-112-86(10,11)12)81(107)93(14)68(48-59-34-24-19-25-35-59)75(101)88-64(45-55(3)4)80(106)92(13)67(46-56(5)6)78(104)91-74(58(9)99)85(111)95(16)70(50-61-38-28-21-29-39-61)76(102)89-65(52-73(100)87-63)82(108)98-42-32-23-33-43-98/h54-72,74,99H,19-53H2,1-18H3,(H,87,100)(H,88,101)(H,89,102)(H,90,103)(H,91,104)/t58-,63-,64+,65+,66+,67+,68+,69+,70+,71+,72+,74+/m1/s1. The summed E-state index contributed by atoms with van der Waals surface area (Å²) in [4.78, 5) is 196. The third kappa shape index (κ3) is 28.5. The minimum Gasteiger partial charge on any atom is -0.391 e. The normalized spacial score (nSPS) is 28.4. The summed E-state index contributed by atoms with van der Waals surface area (Å²) in [6.45, 7) is 22.5. The highest BCUT2D eigenvalue weighted by Crippen LogP contribution is 2.35. The maximum Gasteiger partial charge on any atom is 0.248 e. The van der Waals surface area contributed by atoms with Gasteiger partial charge in [0.25, 0.3) is 0 Å². The Balaban J connectivity index is 1.55. The number of ether oxygens (including phenoxy) is 1. The minimum atomic E-state index is -1.67. The lowest BCUT2D eigenvalue weighted by molar-refractivity contribution is -0.154. The molecule has 12 amide bonds.